The fraction of sp³-hybridized carbons (Fsp3) is 0.0500. The molecule has 12 rings (SSSR count). The van der Waals surface area contributed by atoms with Crippen molar-refractivity contribution in [2.24, 2.45) is 0 Å². The summed E-state index contributed by atoms with van der Waals surface area (Å²) in [6, 6.07) is 56.5. The lowest BCUT2D eigenvalue weighted by Gasteiger charge is -2.21. The first-order valence-corrected chi connectivity index (χ1v) is 21.4. The van der Waals surface area contributed by atoms with Crippen molar-refractivity contribution >= 4 is 21.9 Å². The van der Waals surface area contributed by atoms with Crippen LogP contribution in [-0.4, -0.2) is 15.0 Å². The molecule has 0 spiro atoms. The van der Waals surface area contributed by atoms with E-state index in [2.05, 4.69) is 56.3 Å². The predicted molar refractivity (Wildman–Crippen MR) is 263 cm³/mol. The van der Waals surface area contributed by atoms with Gasteiger partial charge in [0.15, 0.2) is 17.5 Å². The summed E-state index contributed by atoms with van der Waals surface area (Å²) in [6.45, 7) is 4.42. The van der Waals surface area contributed by atoms with Crippen LogP contribution in [0.25, 0.3) is 112 Å². The molecule has 0 radical (unpaired) electrons. The van der Waals surface area contributed by atoms with Crippen LogP contribution in [0.4, 0.5) is 0 Å². The molecule has 0 saturated carbocycles. The van der Waals surface area contributed by atoms with E-state index in [0.29, 0.717) is 22.8 Å². The van der Waals surface area contributed by atoms with E-state index in [1.54, 1.807) is 0 Å². The van der Waals surface area contributed by atoms with Crippen LogP contribution < -0.4 is 0 Å². The monoisotopic (exact) mass is 825 g/mol. The molecule has 64 heavy (non-hydrogen) atoms. The van der Waals surface area contributed by atoms with E-state index in [-0.39, 0.29) is 80.6 Å². The van der Waals surface area contributed by atoms with Crippen LogP contribution in [-0.2, 0) is 5.41 Å². The molecule has 0 unspecified atom stereocenters. The topological polar surface area (TPSA) is 51.8 Å². The second-order valence-corrected chi connectivity index (χ2v) is 16.7. The third-order valence-electron chi connectivity index (χ3n) is 12.5. The molecule has 2 heterocycles. The second kappa shape index (κ2) is 15.0. The molecular formula is C60H41N3O. The standard InChI is InChI=1S/C60H41N3O/c1-60(2)52-23-13-12-21-49(52)50-31-29-43(36-53(50)60)58-61-57(42-27-25-41(26-28-42)38-15-6-3-7-16-38)62-59(63-58)44-30-32-51-55(37-44)64-54-24-14-22-48(56(51)54)47-34-45(39-17-8-4-9-18-39)33-46(35-47)40-19-10-5-11-20-40/h3-37H,1-2H3/i14D,22D,24D,30D,32D,37D. The average molecular weight is 826 g/mol. The van der Waals surface area contributed by atoms with Crippen LogP contribution in [0.1, 0.15) is 33.2 Å². The van der Waals surface area contributed by atoms with Crippen molar-refractivity contribution in [1.29, 1.82) is 0 Å². The van der Waals surface area contributed by atoms with E-state index in [4.69, 9.17) is 22.1 Å². The lowest BCUT2D eigenvalue weighted by molar-refractivity contribution is 0.660. The third kappa shape index (κ3) is 6.42. The summed E-state index contributed by atoms with van der Waals surface area (Å²) in [5.74, 6) is 0.661. The van der Waals surface area contributed by atoms with Gasteiger partial charge in [0.25, 0.3) is 0 Å². The molecule has 0 N–H and O–H groups in total. The molecule has 0 bridgehead atoms. The van der Waals surface area contributed by atoms with E-state index < -0.39 is 0 Å². The van der Waals surface area contributed by atoms with E-state index in [1.165, 1.54) is 11.1 Å². The summed E-state index contributed by atoms with van der Waals surface area (Å²) in [6.07, 6.45) is 0. The minimum atomic E-state index is -0.358. The summed E-state index contributed by atoms with van der Waals surface area (Å²) in [4.78, 5) is 15.0. The average Bonchev–Trinajstić information content (AvgIpc) is 3.91. The van der Waals surface area contributed by atoms with Gasteiger partial charge in [0.2, 0.25) is 0 Å². The van der Waals surface area contributed by atoms with Gasteiger partial charge in [-0.2, -0.15) is 0 Å². The molecule has 4 heteroatoms. The third-order valence-corrected chi connectivity index (χ3v) is 12.5. The van der Waals surface area contributed by atoms with Gasteiger partial charge in [-0.05, 0) is 109 Å². The van der Waals surface area contributed by atoms with Gasteiger partial charge in [0.1, 0.15) is 11.2 Å². The molecule has 11 aromatic rings. The SMILES string of the molecule is [2H]c1c([2H])c(-c2cc(-c3ccccc3)cc(-c3ccccc3)c2)c2c(oc3c([2H])c(-c4nc(-c5ccc(-c6ccccc6)cc5)nc(-c5ccc6c(c5)C(C)(C)c5ccccc5-6)n4)c([2H])c([2H])c32)c1[2H]. The van der Waals surface area contributed by atoms with Gasteiger partial charge in [-0.25, -0.2) is 15.0 Å². The summed E-state index contributed by atoms with van der Waals surface area (Å²) in [5, 5.41) is 0.324. The Bertz CT molecular complexity index is 3850. The van der Waals surface area contributed by atoms with E-state index in [1.807, 2.05) is 133 Å². The smallest absolute Gasteiger partial charge is 0.164 e. The van der Waals surface area contributed by atoms with E-state index >= 15 is 0 Å². The fourth-order valence-corrected chi connectivity index (χ4v) is 9.17. The number of hydrogen-bond donors (Lipinski definition) is 0. The molecule has 302 valence electrons. The van der Waals surface area contributed by atoms with Crippen molar-refractivity contribution in [2.45, 2.75) is 19.3 Å². The predicted octanol–water partition coefficient (Wildman–Crippen LogP) is 15.7. The minimum absolute atomic E-state index is 0.0118. The van der Waals surface area contributed by atoms with Crippen molar-refractivity contribution in [1.82, 2.24) is 15.0 Å². The highest BCUT2D eigenvalue weighted by Crippen LogP contribution is 2.49. The van der Waals surface area contributed by atoms with E-state index in [0.717, 1.165) is 50.1 Å². The number of aromatic nitrogens is 3. The van der Waals surface area contributed by atoms with Crippen LogP contribution >= 0.6 is 0 Å². The Kier molecular flexibility index (Phi) is 7.41. The zero-order valence-electron chi connectivity index (χ0n) is 41.0. The van der Waals surface area contributed by atoms with E-state index in [9.17, 15) is 5.48 Å². The normalized spacial score (nSPS) is 14.0. The molecule has 0 atom stereocenters. The van der Waals surface area contributed by atoms with Crippen molar-refractivity contribution in [3.05, 3.63) is 223 Å². The van der Waals surface area contributed by atoms with Gasteiger partial charge >= 0.3 is 0 Å². The zero-order chi connectivity index (χ0) is 48.0. The molecular weight excluding hydrogens is 779 g/mol. The summed E-state index contributed by atoms with van der Waals surface area (Å²) in [5.41, 5.74) is 12.1. The Morgan fingerprint density at radius 2 is 0.906 bits per heavy atom. The highest BCUT2D eigenvalue weighted by Gasteiger charge is 2.35. The highest BCUT2D eigenvalue weighted by atomic mass is 16.3. The Labute approximate surface area is 380 Å². The van der Waals surface area contributed by atoms with Crippen molar-refractivity contribution in [2.75, 3.05) is 0 Å². The molecule has 9 aromatic carbocycles. The maximum atomic E-state index is 9.84. The quantitative estimate of drug-likeness (QED) is 0.161. The first-order valence-electron chi connectivity index (χ1n) is 24.4. The first kappa shape index (κ1) is 31.6. The Hall–Kier alpha value is -8.21. The van der Waals surface area contributed by atoms with Crippen molar-refractivity contribution < 1.29 is 12.6 Å². The van der Waals surface area contributed by atoms with Crippen LogP contribution in [0.15, 0.2) is 217 Å². The van der Waals surface area contributed by atoms with Gasteiger partial charge in [0.05, 0.1) is 8.22 Å². The number of fused-ring (bicyclic) bond motifs is 6. The molecule has 1 aliphatic rings. The number of hydrogen-bond acceptors (Lipinski definition) is 4. The first-order chi connectivity index (χ1) is 34.0. The van der Waals surface area contributed by atoms with Gasteiger partial charge < -0.3 is 4.42 Å². The maximum absolute atomic E-state index is 9.84. The number of rotatable bonds is 7. The van der Waals surface area contributed by atoms with Gasteiger partial charge in [0, 0.05) is 32.9 Å². The van der Waals surface area contributed by atoms with Crippen molar-refractivity contribution in [3.8, 4) is 89.8 Å². The zero-order valence-corrected chi connectivity index (χ0v) is 35.0. The Morgan fingerprint density at radius 3 is 1.58 bits per heavy atom. The lowest BCUT2D eigenvalue weighted by atomic mass is 9.82. The molecule has 0 aliphatic heterocycles. The van der Waals surface area contributed by atoms with Crippen molar-refractivity contribution in [3.63, 3.8) is 0 Å². The minimum Gasteiger partial charge on any atom is -0.456 e. The number of nitrogens with zero attached hydrogens (tertiary/aromatic N) is 3. The maximum Gasteiger partial charge on any atom is 0.164 e. The summed E-state index contributed by atoms with van der Waals surface area (Å²) < 4.78 is 63.4. The van der Waals surface area contributed by atoms with Gasteiger partial charge in [-0.3, -0.25) is 0 Å². The van der Waals surface area contributed by atoms with Gasteiger partial charge in [-0.15, -0.1) is 0 Å². The van der Waals surface area contributed by atoms with Crippen LogP contribution in [0.3, 0.4) is 0 Å². The molecule has 2 aromatic heterocycles. The fourth-order valence-electron chi connectivity index (χ4n) is 9.17. The summed E-state index contributed by atoms with van der Waals surface area (Å²) in [7, 11) is 0. The van der Waals surface area contributed by atoms with Crippen LogP contribution in [0, 0.1) is 0 Å². The molecule has 0 saturated heterocycles. The molecule has 1 aliphatic carbocycles. The number of furan rings is 1. The van der Waals surface area contributed by atoms with Crippen LogP contribution in [0.2, 0.25) is 0 Å². The highest BCUT2D eigenvalue weighted by molar-refractivity contribution is 6.13. The van der Waals surface area contributed by atoms with Gasteiger partial charge in [-0.1, -0.05) is 184 Å². The largest absolute Gasteiger partial charge is 0.456 e. The summed E-state index contributed by atoms with van der Waals surface area (Å²) >= 11 is 0. The second-order valence-electron chi connectivity index (χ2n) is 16.7. The Morgan fingerprint density at radius 1 is 0.391 bits per heavy atom. The number of benzene rings is 9. The molecule has 0 amide bonds. The van der Waals surface area contributed by atoms with Crippen LogP contribution in [0.5, 0.6) is 0 Å². The Balaban J connectivity index is 1.08. The molecule has 4 nitrogen and oxygen atoms in total. The lowest BCUT2D eigenvalue weighted by Crippen LogP contribution is -2.15. The molecule has 0 fully saturated rings.